The van der Waals surface area contributed by atoms with E-state index in [4.69, 9.17) is 4.74 Å². The van der Waals surface area contributed by atoms with Gasteiger partial charge in [-0.2, -0.15) is 0 Å². The van der Waals surface area contributed by atoms with Gasteiger partial charge in [-0.25, -0.2) is 23.5 Å². The summed E-state index contributed by atoms with van der Waals surface area (Å²) in [5, 5.41) is 6.19. The maximum Gasteiger partial charge on any atom is 0.409 e. The number of anilines is 3. The molecule has 1 aromatic carbocycles. The largest absolute Gasteiger partial charge is 0.450 e. The van der Waals surface area contributed by atoms with Gasteiger partial charge in [-0.1, -0.05) is 0 Å². The van der Waals surface area contributed by atoms with Crippen molar-refractivity contribution in [3.8, 4) is 0 Å². The van der Waals surface area contributed by atoms with Gasteiger partial charge in [0.2, 0.25) is 0 Å². The van der Waals surface area contributed by atoms with E-state index in [0.29, 0.717) is 37.2 Å². The van der Waals surface area contributed by atoms with Crippen LogP contribution in [0, 0.1) is 18.6 Å². The maximum atomic E-state index is 13.9. The van der Waals surface area contributed by atoms with Crippen LogP contribution in [0.4, 0.5) is 30.9 Å². The Morgan fingerprint density at radius 3 is 2.61 bits per heavy atom. The van der Waals surface area contributed by atoms with Crippen LogP contribution in [0.2, 0.25) is 0 Å². The Kier molecular flexibility index (Phi) is 6.23. The number of aryl methyl sites for hydroxylation is 1. The number of likely N-dealkylation sites (tertiary alicyclic amines) is 1. The Labute approximate surface area is 162 Å². The minimum absolute atomic E-state index is 0.133. The Bertz CT molecular complexity index is 841. The first kappa shape index (κ1) is 19.8. The fraction of sp³-hybridized carbons (Fsp3) is 0.421. The normalized spacial score (nSPS) is 14.6. The Balaban J connectivity index is 1.63. The quantitative estimate of drug-likeness (QED) is 0.806. The summed E-state index contributed by atoms with van der Waals surface area (Å²) in [6, 6.07) is 5.13. The second-order valence-corrected chi connectivity index (χ2v) is 6.54. The third-order valence-electron chi connectivity index (χ3n) is 4.40. The molecule has 0 spiro atoms. The van der Waals surface area contributed by atoms with E-state index in [0.717, 1.165) is 18.9 Å². The van der Waals surface area contributed by atoms with Crippen molar-refractivity contribution in [1.82, 2.24) is 14.9 Å². The lowest BCUT2D eigenvalue weighted by Crippen LogP contribution is -2.42. The van der Waals surface area contributed by atoms with Crippen LogP contribution in [0.5, 0.6) is 0 Å². The number of amides is 1. The van der Waals surface area contributed by atoms with Gasteiger partial charge in [-0.3, -0.25) is 0 Å². The second kappa shape index (κ2) is 8.81. The Morgan fingerprint density at radius 1 is 1.21 bits per heavy atom. The molecular weight excluding hydrogens is 368 g/mol. The molecule has 0 unspecified atom stereocenters. The summed E-state index contributed by atoms with van der Waals surface area (Å²) < 4.78 is 31.9. The summed E-state index contributed by atoms with van der Waals surface area (Å²) in [5.74, 6) is 0.186. The topological polar surface area (TPSA) is 79.4 Å². The fourth-order valence-corrected chi connectivity index (χ4v) is 3.06. The highest BCUT2D eigenvalue weighted by Gasteiger charge is 2.23. The summed E-state index contributed by atoms with van der Waals surface area (Å²) in [4.78, 5) is 22.1. The standard InChI is InChI=1S/C19H23F2N5O2/c1-3-28-19(27)26-8-6-14(7-9-26)24-17-11-18(23-12(2)22-17)25-16-5-4-13(20)10-15(16)21/h4-5,10-11,14H,3,6-9H2,1-2H3,(H2,22,23,24,25). The molecule has 1 fully saturated rings. The molecule has 1 aliphatic rings. The average Bonchev–Trinajstić information content (AvgIpc) is 2.64. The smallest absolute Gasteiger partial charge is 0.409 e. The number of benzene rings is 1. The van der Waals surface area contributed by atoms with Crippen LogP contribution in [-0.2, 0) is 4.74 Å². The molecule has 150 valence electrons. The van der Waals surface area contributed by atoms with Crippen LogP contribution < -0.4 is 10.6 Å². The van der Waals surface area contributed by atoms with E-state index in [1.807, 2.05) is 0 Å². The molecule has 7 nitrogen and oxygen atoms in total. The van der Waals surface area contributed by atoms with Gasteiger partial charge in [-0.05, 0) is 38.8 Å². The first-order valence-corrected chi connectivity index (χ1v) is 9.20. The van der Waals surface area contributed by atoms with Crippen molar-refractivity contribution in [3.63, 3.8) is 0 Å². The van der Waals surface area contributed by atoms with E-state index in [-0.39, 0.29) is 17.8 Å². The predicted octanol–water partition coefficient (Wildman–Crippen LogP) is 3.84. The first-order valence-electron chi connectivity index (χ1n) is 9.20. The van der Waals surface area contributed by atoms with Crippen molar-refractivity contribution in [1.29, 1.82) is 0 Å². The number of halogens is 2. The molecule has 0 atom stereocenters. The van der Waals surface area contributed by atoms with Crippen molar-refractivity contribution < 1.29 is 18.3 Å². The van der Waals surface area contributed by atoms with E-state index >= 15 is 0 Å². The Hall–Kier alpha value is -2.97. The number of hydrogen-bond donors (Lipinski definition) is 2. The zero-order valence-electron chi connectivity index (χ0n) is 15.8. The third kappa shape index (κ3) is 5.05. The number of ether oxygens (including phenoxy) is 1. The zero-order valence-corrected chi connectivity index (χ0v) is 15.8. The predicted molar refractivity (Wildman–Crippen MR) is 102 cm³/mol. The van der Waals surface area contributed by atoms with E-state index < -0.39 is 11.6 Å². The third-order valence-corrected chi connectivity index (χ3v) is 4.40. The van der Waals surface area contributed by atoms with Crippen molar-refractivity contribution in [2.75, 3.05) is 30.3 Å². The van der Waals surface area contributed by atoms with Gasteiger partial charge in [0.05, 0.1) is 12.3 Å². The van der Waals surface area contributed by atoms with Gasteiger partial charge in [0.1, 0.15) is 29.1 Å². The molecule has 0 saturated carbocycles. The van der Waals surface area contributed by atoms with Gasteiger partial charge < -0.3 is 20.3 Å². The minimum atomic E-state index is -0.697. The van der Waals surface area contributed by atoms with Gasteiger partial charge >= 0.3 is 6.09 Å². The summed E-state index contributed by atoms with van der Waals surface area (Å²) in [7, 11) is 0. The molecule has 28 heavy (non-hydrogen) atoms. The molecule has 1 aliphatic heterocycles. The molecule has 0 aliphatic carbocycles. The molecule has 1 saturated heterocycles. The Morgan fingerprint density at radius 2 is 1.93 bits per heavy atom. The minimum Gasteiger partial charge on any atom is -0.450 e. The summed E-state index contributed by atoms with van der Waals surface area (Å²) in [5.41, 5.74) is 0.133. The monoisotopic (exact) mass is 391 g/mol. The molecule has 0 radical (unpaired) electrons. The molecule has 3 rings (SSSR count). The SMILES string of the molecule is CCOC(=O)N1CCC(Nc2cc(Nc3ccc(F)cc3F)nc(C)n2)CC1. The maximum absolute atomic E-state index is 13.9. The number of rotatable bonds is 5. The van der Waals surface area contributed by atoms with Crippen molar-refractivity contribution >= 4 is 23.4 Å². The molecule has 1 aromatic heterocycles. The van der Waals surface area contributed by atoms with Crippen molar-refractivity contribution in [3.05, 3.63) is 41.7 Å². The van der Waals surface area contributed by atoms with Gasteiger partial charge in [0.25, 0.3) is 0 Å². The first-order chi connectivity index (χ1) is 13.4. The number of aromatic nitrogens is 2. The lowest BCUT2D eigenvalue weighted by atomic mass is 10.1. The van der Waals surface area contributed by atoms with Crippen molar-refractivity contribution in [2.45, 2.75) is 32.7 Å². The van der Waals surface area contributed by atoms with Crippen LogP contribution in [0.25, 0.3) is 0 Å². The van der Waals surface area contributed by atoms with Gasteiger partial charge in [0, 0.05) is 31.3 Å². The highest BCUT2D eigenvalue weighted by atomic mass is 19.1. The van der Waals surface area contributed by atoms with Gasteiger partial charge in [0.15, 0.2) is 0 Å². The summed E-state index contributed by atoms with van der Waals surface area (Å²) in [6.07, 6.45) is 1.24. The second-order valence-electron chi connectivity index (χ2n) is 6.54. The summed E-state index contributed by atoms with van der Waals surface area (Å²) >= 11 is 0. The highest BCUT2D eigenvalue weighted by Crippen LogP contribution is 2.22. The summed E-state index contributed by atoms with van der Waals surface area (Å²) in [6.45, 7) is 5.09. The molecule has 0 bridgehead atoms. The number of carbonyl (C=O) groups excluding carboxylic acids is 1. The van der Waals surface area contributed by atoms with Crippen LogP contribution in [0.15, 0.2) is 24.3 Å². The van der Waals surface area contributed by atoms with E-state index in [9.17, 15) is 13.6 Å². The van der Waals surface area contributed by atoms with Crippen molar-refractivity contribution in [2.24, 2.45) is 0 Å². The van der Waals surface area contributed by atoms with E-state index in [2.05, 4.69) is 20.6 Å². The van der Waals surface area contributed by atoms with Crippen LogP contribution in [0.3, 0.4) is 0 Å². The lowest BCUT2D eigenvalue weighted by molar-refractivity contribution is 0.0983. The molecule has 1 amide bonds. The van der Waals surface area contributed by atoms with Crippen LogP contribution in [-0.4, -0.2) is 46.7 Å². The molecule has 2 heterocycles. The van der Waals surface area contributed by atoms with Gasteiger partial charge in [-0.15, -0.1) is 0 Å². The van der Waals surface area contributed by atoms with E-state index in [1.165, 1.54) is 12.1 Å². The lowest BCUT2D eigenvalue weighted by Gasteiger charge is -2.31. The number of piperidine rings is 1. The molecule has 2 N–H and O–H groups in total. The molecular formula is C19H23F2N5O2. The molecule has 9 heteroatoms. The number of nitrogens with zero attached hydrogens (tertiary/aromatic N) is 3. The van der Waals surface area contributed by atoms with E-state index in [1.54, 1.807) is 24.8 Å². The number of nitrogens with one attached hydrogen (secondary N) is 2. The molecule has 2 aromatic rings. The zero-order chi connectivity index (χ0) is 20.1. The number of hydrogen-bond acceptors (Lipinski definition) is 6. The van der Waals surface area contributed by atoms with Crippen LogP contribution >= 0.6 is 0 Å². The average molecular weight is 391 g/mol. The fourth-order valence-electron chi connectivity index (χ4n) is 3.06. The number of carbonyl (C=O) groups is 1. The highest BCUT2D eigenvalue weighted by molar-refractivity contribution is 5.67. The van der Waals surface area contributed by atoms with Crippen LogP contribution in [0.1, 0.15) is 25.6 Å².